The summed E-state index contributed by atoms with van der Waals surface area (Å²) in [5.74, 6) is -0.249. The minimum Gasteiger partial charge on any atom is -0.352 e. The van der Waals surface area contributed by atoms with Crippen LogP contribution in [0.15, 0.2) is 60.0 Å². The highest BCUT2D eigenvalue weighted by atomic mass is 32.1. The summed E-state index contributed by atoms with van der Waals surface area (Å²) in [7, 11) is 0. The standard InChI is InChI=1S/C19H17FN2OS/c20-16-8-6-15(7-9-16)19-22-17(13-24-19)10-11-18(23)21-12-14-4-2-1-3-5-14/h1-9,13H,10-12H2,(H,21,23). The lowest BCUT2D eigenvalue weighted by Gasteiger charge is -2.04. The van der Waals surface area contributed by atoms with Crippen molar-refractivity contribution in [1.29, 1.82) is 0 Å². The van der Waals surface area contributed by atoms with Crippen molar-refractivity contribution in [2.75, 3.05) is 0 Å². The Morgan fingerprint density at radius 2 is 1.83 bits per heavy atom. The first-order chi connectivity index (χ1) is 11.7. The zero-order valence-electron chi connectivity index (χ0n) is 13.0. The fourth-order valence-electron chi connectivity index (χ4n) is 2.27. The summed E-state index contributed by atoms with van der Waals surface area (Å²) < 4.78 is 13.0. The molecule has 0 aliphatic rings. The first-order valence-corrected chi connectivity index (χ1v) is 8.59. The van der Waals surface area contributed by atoms with E-state index in [0.29, 0.717) is 19.4 Å². The lowest BCUT2D eigenvalue weighted by atomic mass is 10.2. The molecule has 0 aliphatic heterocycles. The largest absolute Gasteiger partial charge is 0.352 e. The molecule has 0 saturated heterocycles. The van der Waals surface area contributed by atoms with E-state index >= 15 is 0 Å². The molecule has 0 radical (unpaired) electrons. The molecule has 0 unspecified atom stereocenters. The van der Waals surface area contributed by atoms with E-state index in [4.69, 9.17) is 0 Å². The molecule has 0 bridgehead atoms. The van der Waals surface area contributed by atoms with Crippen LogP contribution < -0.4 is 5.32 Å². The van der Waals surface area contributed by atoms with Crippen LogP contribution in [0.1, 0.15) is 17.7 Å². The van der Waals surface area contributed by atoms with E-state index in [-0.39, 0.29) is 11.7 Å². The number of aryl methyl sites for hydroxylation is 1. The van der Waals surface area contributed by atoms with Gasteiger partial charge in [-0.1, -0.05) is 30.3 Å². The molecule has 1 amide bonds. The minimum absolute atomic E-state index is 0.00943. The Morgan fingerprint density at radius 3 is 2.58 bits per heavy atom. The molecule has 3 aromatic rings. The predicted molar refractivity (Wildman–Crippen MR) is 94.1 cm³/mol. The number of amides is 1. The number of carbonyl (C=O) groups is 1. The van der Waals surface area contributed by atoms with Gasteiger partial charge in [-0.25, -0.2) is 9.37 Å². The number of hydrogen-bond acceptors (Lipinski definition) is 3. The fraction of sp³-hybridized carbons (Fsp3) is 0.158. The summed E-state index contributed by atoms with van der Waals surface area (Å²) in [5.41, 5.74) is 2.86. The monoisotopic (exact) mass is 340 g/mol. The Balaban J connectivity index is 1.50. The maximum atomic E-state index is 13.0. The van der Waals surface area contributed by atoms with Gasteiger partial charge in [-0.05, 0) is 36.2 Å². The number of nitrogens with one attached hydrogen (secondary N) is 1. The van der Waals surface area contributed by atoms with Gasteiger partial charge in [-0.2, -0.15) is 0 Å². The quantitative estimate of drug-likeness (QED) is 0.731. The maximum Gasteiger partial charge on any atom is 0.220 e. The molecule has 0 fully saturated rings. The van der Waals surface area contributed by atoms with E-state index in [0.717, 1.165) is 21.8 Å². The average Bonchev–Trinajstić information content (AvgIpc) is 3.09. The molecule has 0 aliphatic carbocycles. The summed E-state index contributed by atoms with van der Waals surface area (Å²) in [5, 5.41) is 5.70. The molecular weight excluding hydrogens is 323 g/mol. The van der Waals surface area contributed by atoms with Gasteiger partial charge in [0.25, 0.3) is 0 Å². The van der Waals surface area contributed by atoms with Crippen LogP contribution in [0.5, 0.6) is 0 Å². The molecule has 1 aromatic heterocycles. The fourth-order valence-corrected chi connectivity index (χ4v) is 3.13. The van der Waals surface area contributed by atoms with Crippen molar-refractivity contribution in [3.8, 4) is 10.6 Å². The van der Waals surface area contributed by atoms with E-state index in [9.17, 15) is 9.18 Å². The molecular formula is C19H17FN2OS. The van der Waals surface area contributed by atoms with Crippen molar-refractivity contribution < 1.29 is 9.18 Å². The van der Waals surface area contributed by atoms with Gasteiger partial charge in [0, 0.05) is 23.9 Å². The number of thiazole rings is 1. The predicted octanol–water partition coefficient (Wildman–Crippen LogP) is 4.20. The summed E-state index contributed by atoms with van der Waals surface area (Å²) in [4.78, 5) is 16.4. The van der Waals surface area contributed by atoms with Gasteiger partial charge in [0.15, 0.2) is 0 Å². The Morgan fingerprint density at radius 1 is 1.08 bits per heavy atom. The minimum atomic E-state index is -0.259. The molecule has 3 nitrogen and oxygen atoms in total. The average molecular weight is 340 g/mol. The second-order valence-electron chi connectivity index (χ2n) is 5.41. The lowest BCUT2D eigenvalue weighted by Crippen LogP contribution is -2.22. The SMILES string of the molecule is O=C(CCc1csc(-c2ccc(F)cc2)n1)NCc1ccccc1. The van der Waals surface area contributed by atoms with Gasteiger partial charge in [0.2, 0.25) is 5.91 Å². The molecule has 0 spiro atoms. The normalized spacial score (nSPS) is 10.5. The van der Waals surface area contributed by atoms with Crippen molar-refractivity contribution in [3.63, 3.8) is 0 Å². The molecule has 3 rings (SSSR count). The smallest absolute Gasteiger partial charge is 0.220 e. The Bertz CT molecular complexity index is 800. The highest BCUT2D eigenvalue weighted by molar-refractivity contribution is 7.13. The number of rotatable bonds is 6. The van der Waals surface area contributed by atoms with Gasteiger partial charge >= 0.3 is 0 Å². The summed E-state index contributed by atoms with van der Waals surface area (Å²) >= 11 is 1.51. The molecule has 1 N–H and O–H groups in total. The second kappa shape index (κ2) is 7.84. The van der Waals surface area contributed by atoms with Crippen molar-refractivity contribution in [2.24, 2.45) is 0 Å². The molecule has 0 atom stereocenters. The zero-order valence-corrected chi connectivity index (χ0v) is 13.9. The Kier molecular flexibility index (Phi) is 5.33. The third kappa shape index (κ3) is 4.49. The third-order valence-electron chi connectivity index (χ3n) is 3.58. The first-order valence-electron chi connectivity index (χ1n) is 7.72. The second-order valence-corrected chi connectivity index (χ2v) is 6.27. The van der Waals surface area contributed by atoms with Crippen LogP contribution in [0.25, 0.3) is 10.6 Å². The number of aromatic nitrogens is 1. The van der Waals surface area contributed by atoms with Crippen LogP contribution in [0, 0.1) is 5.82 Å². The van der Waals surface area contributed by atoms with Crippen LogP contribution in [0.4, 0.5) is 4.39 Å². The van der Waals surface area contributed by atoms with Gasteiger partial charge in [0.1, 0.15) is 10.8 Å². The topological polar surface area (TPSA) is 42.0 Å². The Labute approximate surface area is 144 Å². The summed E-state index contributed by atoms with van der Waals surface area (Å²) in [6.45, 7) is 0.539. The van der Waals surface area contributed by atoms with Crippen LogP contribution in [-0.4, -0.2) is 10.9 Å². The van der Waals surface area contributed by atoms with Gasteiger partial charge in [0.05, 0.1) is 5.69 Å². The van der Waals surface area contributed by atoms with Crippen molar-refractivity contribution >= 4 is 17.2 Å². The van der Waals surface area contributed by atoms with Crippen molar-refractivity contribution in [1.82, 2.24) is 10.3 Å². The highest BCUT2D eigenvalue weighted by Crippen LogP contribution is 2.24. The molecule has 5 heteroatoms. The summed E-state index contributed by atoms with van der Waals surface area (Å²) in [6, 6.07) is 16.1. The first kappa shape index (κ1) is 16.3. The summed E-state index contributed by atoms with van der Waals surface area (Å²) in [6.07, 6.45) is 0.998. The van der Waals surface area contributed by atoms with E-state index in [1.807, 2.05) is 35.7 Å². The number of benzene rings is 2. The van der Waals surface area contributed by atoms with Crippen LogP contribution in [0.2, 0.25) is 0 Å². The lowest BCUT2D eigenvalue weighted by molar-refractivity contribution is -0.121. The van der Waals surface area contributed by atoms with E-state index in [1.54, 1.807) is 12.1 Å². The van der Waals surface area contributed by atoms with E-state index < -0.39 is 0 Å². The molecule has 1 heterocycles. The van der Waals surface area contributed by atoms with Gasteiger partial charge in [-0.3, -0.25) is 4.79 Å². The molecule has 2 aromatic carbocycles. The molecule has 0 saturated carbocycles. The number of carbonyl (C=O) groups excluding carboxylic acids is 1. The molecule has 122 valence electrons. The van der Waals surface area contributed by atoms with Crippen molar-refractivity contribution in [2.45, 2.75) is 19.4 Å². The number of hydrogen-bond donors (Lipinski definition) is 1. The third-order valence-corrected chi connectivity index (χ3v) is 4.52. The maximum absolute atomic E-state index is 13.0. The van der Waals surface area contributed by atoms with E-state index in [1.165, 1.54) is 23.5 Å². The zero-order chi connectivity index (χ0) is 16.8. The van der Waals surface area contributed by atoms with Crippen LogP contribution in [0.3, 0.4) is 0 Å². The molecule has 24 heavy (non-hydrogen) atoms. The van der Waals surface area contributed by atoms with Gasteiger partial charge in [-0.15, -0.1) is 11.3 Å². The van der Waals surface area contributed by atoms with Crippen LogP contribution >= 0.6 is 11.3 Å². The number of nitrogens with zero attached hydrogens (tertiary/aromatic N) is 1. The van der Waals surface area contributed by atoms with Crippen molar-refractivity contribution in [3.05, 3.63) is 77.1 Å². The number of halogens is 1. The van der Waals surface area contributed by atoms with Gasteiger partial charge < -0.3 is 5.32 Å². The highest BCUT2D eigenvalue weighted by Gasteiger charge is 2.07. The Hall–Kier alpha value is -2.53. The van der Waals surface area contributed by atoms with E-state index in [2.05, 4.69) is 10.3 Å². The van der Waals surface area contributed by atoms with Crippen LogP contribution in [-0.2, 0) is 17.8 Å².